The Hall–Kier alpha value is -2.37. The molecule has 0 aromatic carbocycles. The molecule has 0 saturated carbocycles. The number of nitrogen functional groups attached to an aromatic ring is 1. The van der Waals surface area contributed by atoms with E-state index in [1.807, 2.05) is 31.0 Å². The lowest BCUT2D eigenvalue weighted by Crippen LogP contribution is -2.45. The maximum absolute atomic E-state index is 12.4. The van der Waals surface area contributed by atoms with Gasteiger partial charge in [0, 0.05) is 25.8 Å². The van der Waals surface area contributed by atoms with Gasteiger partial charge in [-0.25, -0.2) is 4.98 Å². The van der Waals surface area contributed by atoms with Gasteiger partial charge in [0.05, 0.1) is 6.54 Å². The summed E-state index contributed by atoms with van der Waals surface area (Å²) in [6.07, 6.45) is 4.91. The molecule has 0 aliphatic carbocycles. The highest BCUT2D eigenvalue weighted by Gasteiger charge is 2.26. The van der Waals surface area contributed by atoms with Crippen LogP contribution in [0, 0.1) is 6.92 Å². The summed E-state index contributed by atoms with van der Waals surface area (Å²) in [6, 6.07) is 1.90. The molecule has 2 heterocycles. The summed E-state index contributed by atoms with van der Waals surface area (Å²) >= 11 is 0. The summed E-state index contributed by atoms with van der Waals surface area (Å²) in [7, 11) is 0. The van der Waals surface area contributed by atoms with E-state index in [9.17, 15) is 9.59 Å². The normalized spacial score (nSPS) is 15.2. The van der Waals surface area contributed by atoms with Crippen molar-refractivity contribution in [3.8, 4) is 0 Å². The molecule has 2 rings (SSSR count). The highest BCUT2D eigenvalue weighted by atomic mass is 16.2. The predicted octanol–water partition coefficient (Wildman–Crippen LogP) is 1.71. The van der Waals surface area contributed by atoms with Gasteiger partial charge >= 0.3 is 0 Å². The monoisotopic (exact) mass is 330 g/mol. The first-order valence-electron chi connectivity index (χ1n) is 8.37. The van der Waals surface area contributed by atoms with E-state index in [2.05, 4.69) is 11.6 Å². The Kier molecular flexibility index (Phi) is 5.95. The lowest BCUT2D eigenvalue weighted by atomic mass is 9.88. The van der Waals surface area contributed by atoms with Crippen molar-refractivity contribution in [3.05, 3.63) is 36.0 Å². The third-order valence-electron chi connectivity index (χ3n) is 4.65. The van der Waals surface area contributed by atoms with Crippen LogP contribution in [0.2, 0.25) is 0 Å². The molecular weight excluding hydrogens is 304 g/mol. The van der Waals surface area contributed by atoms with Crippen LogP contribution in [0.25, 0.3) is 0 Å². The number of carbonyl (C=O) groups is 2. The second-order valence-corrected chi connectivity index (χ2v) is 6.18. The van der Waals surface area contributed by atoms with E-state index >= 15 is 0 Å². The van der Waals surface area contributed by atoms with Crippen LogP contribution in [-0.2, 0) is 9.59 Å². The minimum absolute atomic E-state index is 0.00217. The average Bonchev–Trinajstić information content (AvgIpc) is 2.59. The van der Waals surface area contributed by atoms with Crippen LogP contribution in [0.15, 0.2) is 24.9 Å². The number of nitrogens with zero attached hydrogens (tertiary/aromatic N) is 3. The molecule has 24 heavy (non-hydrogen) atoms. The van der Waals surface area contributed by atoms with Gasteiger partial charge in [-0.3, -0.25) is 9.59 Å². The fraction of sp³-hybridized carbons (Fsp3) is 0.500. The zero-order valence-electron chi connectivity index (χ0n) is 14.5. The zero-order valence-corrected chi connectivity index (χ0v) is 14.5. The maximum atomic E-state index is 12.4. The Labute approximate surface area is 143 Å². The van der Waals surface area contributed by atoms with Crippen LogP contribution in [-0.4, -0.2) is 52.8 Å². The molecule has 0 spiro atoms. The van der Waals surface area contributed by atoms with Crippen LogP contribution >= 0.6 is 0 Å². The number of aryl methyl sites for hydroxylation is 1. The van der Waals surface area contributed by atoms with Gasteiger partial charge in [0.25, 0.3) is 0 Å². The van der Waals surface area contributed by atoms with Gasteiger partial charge in [-0.15, -0.1) is 0 Å². The zero-order chi connectivity index (χ0) is 17.7. The number of piperidine rings is 1. The lowest BCUT2D eigenvalue weighted by Gasteiger charge is -2.34. The fourth-order valence-corrected chi connectivity index (χ4v) is 3.19. The van der Waals surface area contributed by atoms with Crippen LogP contribution in [0.1, 0.15) is 36.8 Å². The number of likely N-dealkylation sites (N-methyl/N-ethyl adjacent to an activating group) is 1. The first kappa shape index (κ1) is 18.0. The summed E-state index contributed by atoms with van der Waals surface area (Å²) in [5, 5.41) is 0. The Morgan fingerprint density at radius 1 is 1.46 bits per heavy atom. The van der Waals surface area contributed by atoms with Crippen LogP contribution in [0.4, 0.5) is 5.82 Å². The molecule has 6 nitrogen and oxygen atoms in total. The third-order valence-corrected chi connectivity index (χ3v) is 4.65. The number of aromatic nitrogens is 1. The van der Waals surface area contributed by atoms with Gasteiger partial charge in [0.15, 0.2) is 0 Å². The van der Waals surface area contributed by atoms with Crippen LogP contribution in [0.3, 0.4) is 0 Å². The number of hydrogen-bond acceptors (Lipinski definition) is 4. The Bertz CT molecular complexity index is 621. The molecular formula is C18H26N4O2. The number of likely N-dealkylation sites (tertiary alicyclic amines) is 1. The number of amides is 2. The molecule has 1 aromatic rings. The lowest BCUT2D eigenvalue weighted by molar-refractivity contribution is -0.138. The Balaban J connectivity index is 1.93. The first-order valence-corrected chi connectivity index (χ1v) is 8.37. The minimum Gasteiger partial charge on any atom is -0.384 e. The van der Waals surface area contributed by atoms with Crippen molar-refractivity contribution in [1.29, 1.82) is 0 Å². The second-order valence-electron chi connectivity index (χ2n) is 6.18. The van der Waals surface area contributed by atoms with Crippen molar-refractivity contribution < 1.29 is 9.59 Å². The topological polar surface area (TPSA) is 79.5 Å². The third kappa shape index (κ3) is 4.13. The van der Waals surface area contributed by atoms with Gasteiger partial charge in [-0.1, -0.05) is 6.58 Å². The van der Waals surface area contributed by atoms with Gasteiger partial charge in [0.2, 0.25) is 11.8 Å². The summed E-state index contributed by atoms with van der Waals surface area (Å²) in [5.74, 6) is 0.733. The van der Waals surface area contributed by atoms with Crippen LogP contribution < -0.4 is 5.73 Å². The molecule has 0 bridgehead atoms. The smallest absolute Gasteiger partial charge is 0.246 e. The number of rotatable bonds is 5. The summed E-state index contributed by atoms with van der Waals surface area (Å²) in [4.78, 5) is 31.6. The number of anilines is 1. The number of pyridine rings is 1. The molecule has 0 unspecified atom stereocenters. The molecule has 1 aromatic heterocycles. The molecule has 2 N–H and O–H groups in total. The maximum Gasteiger partial charge on any atom is 0.246 e. The molecule has 2 amide bonds. The number of carbonyl (C=O) groups excluding carboxylic acids is 2. The van der Waals surface area contributed by atoms with Crippen LogP contribution in [0.5, 0.6) is 0 Å². The quantitative estimate of drug-likeness (QED) is 0.834. The number of hydrogen-bond donors (Lipinski definition) is 1. The van der Waals surface area contributed by atoms with E-state index in [0.29, 0.717) is 31.4 Å². The van der Waals surface area contributed by atoms with E-state index in [0.717, 1.165) is 18.4 Å². The molecule has 1 aliphatic rings. The first-order chi connectivity index (χ1) is 11.5. The van der Waals surface area contributed by atoms with Crippen molar-refractivity contribution in [2.75, 3.05) is 31.9 Å². The fourth-order valence-electron chi connectivity index (χ4n) is 3.19. The average molecular weight is 330 g/mol. The Morgan fingerprint density at radius 3 is 2.67 bits per heavy atom. The van der Waals surface area contributed by atoms with Crippen molar-refractivity contribution in [2.24, 2.45) is 0 Å². The molecule has 130 valence electrons. The van der Waals surface area contributed by atoms with E-state index in [1.54, 1.807) is 0 Å². The van der Waals surface area contributed by atoms with Crippen molar-refractivity contribution in [3.63, 3.8) is 0 Å². The Morgan fingerprint density at radius 2 is 2.12 bits per heavy atom. The van der Waals surface area contributed by atoms with Gasteiger partial charge in [-0.05, 0) is 55.9 Å². The summed E-state index contributed by atoms with van der Waals surface area (Å²) in [5.41, 5.74) is 8.08. The van der Waals surface area contributed by atoms with E-state index in [1.165, 1.54) is 16.5 Å². The van der Waals surface area contributed by atoms with Crippen molar-refractivity contribution >= 4 is 17.6 Å². The highest BCUT2D eigenvalue weighted by molar-refractivity contribution is 5.90. The largest absolute Gasteiger partial charge is 0.384 e. The summed E-state index contributed by atoms with van der Waals surface area (Å²) < 4.78 is 0. The molecule has 0 radical (unpaired) electrons. The minimum atomic E-state index is -0.204. The SMILES string of the molecule is C=CC(=O)N(CC)CC(=O)N1CCC(c2cnc(N)cc2C)CC1. The number of nitrogens with two attached hydrogens (primary N) is 1. The molecule has 1 saturated heterocycles. The summed E-state index contributed by atoms with van der Waals surface area (Å²) in [6.45, 7) is 9.41. The standard InChI is InChI=1S/C18H26N4O2/c1-4-17(23)21(5-2)12-18(24)22-8-6-14(7-9-22)15-11-20-16(19)10-13(15)3/h4,10-11,14H,1,5-9,12H2,2-3H3,(H2,19,20). The van der Waals surface area contributed by atoms with E-state index < -0.39 is 0 Å². The highest BCUT2D eigenvalue weighted by Crippen LogP contribution is 2.30. The van der Waals surface area contributed by atoms with Gasteiger partial charge in [-0.2, -0.15) is 0 Å². The molecule has 1 aliphatic heterocycles. The second kappa shape index (κ2) is 7.95. The van der Waals surface area contributed by atoms with E-state index in [4.69, 9.17) is 5.73 Å². The van der Waals surface area contributed by atoms with Gasteiger partial charge < -0.3 is 15.5 Å². The van der Waals surface area contributed by atoms with Crippen molar-refractivity contribution in [1.82, 2.24) is 14.8 Å². The molecule has 0 atom stereocenters. The van der Waals surface area contributed by atoms with E-state index in [-0.39, 0.29) is 18.4 Å². The van der Waals surface area contributed by atoms with Crippen molar-refractivity contribution in [2.45, 2.75) is 32.6 Å². The molecule has 6 heteroatoms. The van der Waals surface area contributed by atoms with Gasteiger partial charge in [0.1, 0.15) is 5.82 Å². The molecule has 1 fully saturated rings. The predicted molar refractivity (Wildman–Crippen MR) is 94.4 cm³/mol.